The van der Waals surface area contributed by atoms with Gasteiger partial charge < -0.3 is 9.84 Å². The van der Waals surface area contributed by atoms with Crippen LogP contribution >= 0.6 is 0 Å². The van der Waals surface area contributed by atoms with Crippen LogP contribution in [-0.2, 0) is 14.3 Å². The van der Waals surface area contributed by atoms with Gasteiger partial charge in [-0.3, -0.25) is 9.59 Å². The quantitative estimate of drug-likeness (QED) is 0.583. The van der Waals surface area contributed by atoms with Gasteiger partial charge in [0.05, 0.1) is 5.41 Å². The molecular weight excluding hydrogens is 328 g/mol. The van der Waals surface area contributed by atoms with Crippen LogP contribution in [0.2, 0.25) is 0 Å². The van der Waals surface area contributed by atoms with E-state index in [1.54, 1.807) is 0 Å². The average Bonchev–Trinajstić information content (AvgIpc) is 2.55. The van der Waals surface area contributed by atoms with Gasteiger partial charge in [-0.15, -0.1) is 6.58 Å². The van der Waals surface area contributed by atoms with Gasteiger partial charge in [0.25, 0.3) is 0 Å². The average molecular weight is 360 g/mol. The van der Waals surface area contributed by atoms with Crippen LogP contribution in [0.25, 0.3) is 0 Å². The van der Waals surface area contributed by atoms with Gasteiger partial charge in [-0.05, 0) is 56.3 Å². The number of allylic oxidation sites excluding steroid dienone is 2. The molecule has 0 bridgehead atoms. The molecule has 2 saturated carbocycles. The summed E-state index contributed by atoms with van der Waals surface area (Å²) in [6.07, 6.45) is 9.17. The smallest absolute Gasteiger partial charge is 0.309 e. The summed E-state index contributed by atoms with van der Waals surface area (Å²) in [5, 5.41) is 9.94. The number of hydrogen-bond donors (Lipinski definition) is 1. The molecule has 0 saturated heterocycles. The van der Waals surface area contributed by atoms with Crippen LogP contribution in [0.3, 0.4) is 0 Å². The van der Waals surface area contributed by atoms with Crippen LogP contribution in [0.15, 0.2) is 24.3 Å². The standard InChI is InChI=1S/C22H32O4/c1-6-20(3)13-15-8-9-17-21(4,10-7-11-22(17,5)19(24)25)16(15)12-18(20)26-14(2)23/h6,8,16-18H,1,7,9-13H2,2-5H3,(H,24,25)/t16-,17-,18-,20-,21-,22-/m1/s1. The number of hydrogen-bond acceptors (Lipinski definition) is 3. The summed E-state index contributed by atoms with van der Waals surface area (Å²) in [7, 11) is 0. The van der Waals surface area contributed by atoms with E-state index in [1.165, 1.54) is 12.5 Å². The number of carbonyl (C=O) groups is 2. The van der Waals surface area contributed by atoms with Gasteiger partial charge in [-0.2, -0.15) is 0 Å². The predicted molar refractivity (Wildman–Crippen MR) is 100 cm³/mol. The zero-order valence-corrected chi connectivity index (χ0v) is 16.5. The number of carboxylic acid groups (broad SMARTS) is 1. The molecule has 3 aliphatic carbocycles. The molecule has 3 aliphatic rings. The van der Waals surface area contributed by atoms with E-state index in [4.69, 9.17) is 4.74 Å². The van der Waals surface area contributed by atoms with E-state index < -0.39 is 11.4 Å². The van der Waals surface area contributed by atoms with Crippen molar-refractivity contribution < 1.29 is 19.4 Å². The van der Waals surface area contributed by atoms with Crippen molar-refractivity contribution in [1.29, 1.82) is 0 Å². The van der Waals surface area contributed by atoms with Crippen molar-refractivity contribution in [2.75, 3.05) is 0 Å². The molecule has 4 nitrogen and oxygen atoms in total. The maximum atomic E-state index is 12.1. The fraction of sp³-hybridized carbons (Fsp3) is 0.727. The second kappa shape index (κ2) is 6.24. The lowest BCUT2D eigenvalue weighted by molar-refractivity contribution is -0.167. The molecule has 26 heavy (non-hydrogen) atoms. The summed E-state index contributed by atoms with van der Waals surface area (Å²) in [6, 6.07) is 0. The van der Waals surface area contributed by atoms with Crippen LogP contribution in [0.1, 0.15) is 66.2 Å². The Morgan fingerprint density at radius 2 is 2.00 bits per heavy atom. The molecule has 3 rings (SSSR count). The zero-order chi connectivity index (χ0) is 19.3. The van der Waals surface area contributed by atoms with Crippen molar-refractivity contribution in [3.05, 3.63) is 24.3 Å². The Labute approximate surface area is 156 Å². The highest BCUT2D eigenvalue weighted by Gasteiger charge is 2.59. The molecule has 0 heterocycles. The molecule has 2 fully saturated rings. The number of carboxylic acids is 1. The summed E-state index contributed by atoms with van der Waals surface area (Å²) in [5.74, 6) is -0.528. The fourth-order valence-electron chi connectivity index (χ4n) is 6.19. The van der Waals surface area contributed by atoms with E-state index in [1.807, 2.05) is 13.0 Å². The molecule has 0 aliphatic heterocycles. The van der Waals surface area contributed by atoms with Crippen molar-refractivity contribution in [2.24, 2.45) is 28.1 Å². The first-order valence-corrected chi connectivity index (χ1v) is 9.80. The number of ether oxygens (including phenoxy) is 1. The maximum absolute atomic E-state index is 12.1. The Bertz CT molecular complexity index is 665. The number of aliphatic carboxylic acids is 1. The molecule has 6 atom stereocenters. The molecule has 0 radical (unpaired) electrons. The second-order valence-electron chi connectivity index (χ2n) is 9.42. The van der Waals surface area contributed by atoms with Gasteiger partial charge in [0.2, 0.25) is 0 Å². The van der Waals surface area contributed by atoms with Gasteiger partial charge >= 0.3 is 11.9 Å². The molecule has 144 valence electrons. The molecule has 0 aromatic heterocycles. The summed E-state index contributed by atoms with van der Waals surface area (Å²) >= 11 is 0. The minimum Gasteiger partial charge on any atom is -0.481 e. The van der Waals surface area contributed by atoms with Crippen molar-refractivity contribution >= 4 is 11.9 Å². The molecule has 0 spiro atoms. The predicted octanol–water partition coefficient (Wildman–Crippen LogP) is 4.75. The molecule has 1 N–H and O–H groups in total. The normalized spacial score (nSPS) is 44.9. The molecular formula is C22H32O4. The van der Waals surface area contributed by atoms with Gasteiger partial charge in [0.1, 0.15) is 6.10 Å². The summed E-state index contributed by atoms with van der Waals surface area (Å²) in [4.78, 5) is 23.8. The minimum absolute atomic E-state index is 0.0592. The monoisotopic (exact) mass is 360 g/mol. The SMILES string of the molecule is C=C[C@]1(C)CC2=CC[C@@H]3[C@](C)(CCC[C@@]3(C)C(=O)O)[C@@H]2C[C@H]1OC(C)=O. The van der Waals surface area contributed by atoms with E-state index in [0.29, 0.717) is 0 Å². The number of rotatable bonds is 3. The highest BCUT2D eigenvalue weighted by atomic mass is 16.5. The summed E-state index contributed by atoms with van der Waals surface area (Å²) < 4.78 is 5.72. The van der Waals surface area contributed by atoms with E-state index in [2.05, 4.69) is 26.5 Å². The molecule has 4 heteroatoms. The first-order valence-electron chi connectivity index (χ1n) is 9.80. The first-order chi connectivity index (χ1) is 12.1. The lowest BCUT2D eigenvalue weighted by atomic mass is 9.45. The van der Waals surface area contributed by atoms with E-state index >= 15 is 0 Å². The van der Waals surface area contributed by atoms with Crippen LogP contribution in [-0.4, -0.2) is 23.1 Å². The Morgan fingerprint density at radius 3 is 2.58 bits per heavy atom. The van der Waals surface area contributed by atoms with Crippen LogP contribution in [0.5, 0.6) is 0 Å². The Kier molecular flexibility index (Phi) is 4.61. The summed E-state index contributed by atoms with van der Waals surface area (Å²) in [5.41, 5.74) is 0.410. The lowest BCUT2D eigenvalue weighted by Gasteiger charge is -2.59. The van der Waals surface area contributed by atoms with Gasteiger partial charge in [-0.1, -0.05) is 38.0 Å². The first kappa shape index (κ1) is 19.2. The Morgan fingerprint density at radius 1 is 1.31 bits per heavy atom. The van der Waals surface area contributed by atoms with Crippen LogP contribution < -0.4 is 0 Å². The van der Waals surface area contributed by atoms with E-state index in [0.717, 1.165) is 38.5 Å². The van der Waals surface area contributed by atoms with Crippen molar-refractivity contribution in [1.82, 2.24) is 0 Å². The summed E-state index contributed by atoms with van der Waals surface area (Å²) in [6.45, 7) is 11.8. The lowest BCUT2D eigenvalue weighted by Crippen LogP contribution is -2.55. The number of fused-ring (bicyclic) bond motifs is 3. The molecule has 0 aromatic carbocycles. The van der Waals surface area contributed by atoms with Crippen LogP contribution in [0.4, 0.5) is 0 Å². The fourth-order valence-corrected chi connectivity index (χ4v) is 6.19. The van der Waals surface area contributed by atoms with Crippen molar-refractivity contribution in [3.8, 4) is 0 Å². The zero-order valence-electron chi connectivity index (χ0n) is 16.5. The topological polar surface area (TPSA) is 63.6 Å². The number of carbonyl (C=O) groups excluding carboxylic acids is 1. The molecule has 0 aromatic rings. The van der Waals surface area contributed by atoms with Gasteiger partial charge in [0, 0.05) is 12.3 Å². The highest BCUT2D eigenvalue weighted by Crippen LogP contribution is 2.64. The Hall–Kier alpha value is -1.58. The van der Waals surface area contributed by atoms with E-state index in [-0.39, 0.29) is 34.7 Å². The van der Waals surface area contributed by atoms with Crippen LogP contribution in [0, 0.1) is 28.1 Å². The minimum atomic E-state index is -0.675. The highest BCUT2D eigenvalue weighted by molar-refractivity contribution is 5.75. The van der Waals surface area contributed by atoms with Crippen molar-refractivity contribution in [3.63, 3.8) is 0 Å². The maximum Gasteiger partial charge on any atom is 0.309 e. The third-order valence-electron chi connectivity index (χ3n) is 7.87. The largest absolute Gasteiger partial charge is 0.481 e. The van der Waals surface area contributed by atoms with Gasteiger partial charge in [0.15, 0.2) is 0 Å². The molecule has 0 unspecified atom stereocenters. The van der Waals surface area contributed by atoms with Gasteiger partial charge in [-0.25, -0.2) is 0 Å². The van der Waals surface area contributed by atoms with Crippen molar-refractivity contribution in [2.45, 2.75) is 72.3 Å². The Balaban J connectivity index is 2.01. The second-order valence-corrected chi connectivity index (χ2v) is 9.42. The van der Waals surface area contributed by atoms with E-state index in [9.17, 15) is 14.7 Å². The third kappa shape index (κ3) is 2.73. The number of esters is 1. The molecule has 0 amide bonds. The third-order valence-corrected chi connectivity index (χ3v) is 7.87.